The molecule has 1 aliphatic rings. The van der Waals surface area contributed by atoms with E-state index in [0.29, 0.717) is 12.8 Å². The van der Waals surface area contributed by atoms with Crippen LogP contribution in [-0.4, -0.2) is 27.4 Å². The number of hydrogen-bond donors (Lipinski definition) is 1. The van der Waals surface area contributed by atoms with E-state index in [2.05, 4.69) is 10.1 Å². The number of carbonyl (C=O) groups is 1. The number of aliphatic carboxylic acids is 1. The number of nitrogens with zero attached hydrogens (tertiary/aromatic N) is 2. The number of carboxylic acid groups (broad SMARTS) is 1. The van der Waals surface area contributed by atoms with Crippen molar-refractivity contribution in [3.8, 4) is 0 Å². The molecular formula is C12H15F3N2O3. The average Bonchev–Trinajstić information content (AvgIpc) is 2.75. The molecule has 0 spiro atoms. The lowest BCUT2D eigenvalue weighted by Crippen LogP contribution is -2.35. The molecular weight excluding hydrogens is 277 g/mol. The normalized spacial score (nSPS) is 18.9. The molecule has 1 fully saturated rings. The summed E-state index contributed by atoms with van der Waals surface area (Å²) < 4.78 is 41.4. The average molecular weight is 292 g/mol. The van der Waals surface area contributed by atoms with Gasteiger partial charge in [-0.3, -0.25) is 4.79 Å². The maximum atomic E-state index is 12.2. The summed E-state index contributed by atoms with van der Waals surface area (Å²) in [6, 6.07) is 0. The number of halogens is 3. The van der Waals surface area contributed by atoms with Crippen molar-refractivity contribution in [1.82, 2.24) is 10.1 Å². The third-order valence-corrected chi connectivity index (χ3v) is 3.62. The molecule has 0 aliphatic heterocycles. The van der Waals surface area contributed by atoms with Crippen LogP contribution in [0.2, 0.25) is 0 Å². The summed E-state index contributed by atoms with van der Waals surface area (Å²) in [7, 11) is 0. The van der Waals surface area contributed by atoms with E-state index in [1.54, 1.807) is 0 Å². The summed E-state index contributed by atoms with van der Waals surface area (Å²) in [4.78, 5) is 15.1. The second kappa shape index (κ2) is 5.41. The molecule has 1 heterocycles. The zero-order valence-corrected chi connectivity index (χ0v) is 10.7. The first-order valence-corrected chi connectivity index (χ1v) is 6.42. The Morgan fingerprint density at radius 2 is 1.95 bits per heavy atom. The predicted molar refractivity (Wildman–Crippen MR) is 60.9 cm³/mol. The molecule has 0 bridgehead atoms. The maximum Gasteiger partial charge on any atom is 0.396 e. The van der Waals surface area contributed by atoms with Crippen molar-refractivity contribution in [2.75, 3.05) is 0 Å². The molecule has 0 unspecified atom stereocenters. The van der Waals surface area contributed by atoms with Crippen molar-refractivity contribution in [1.29, 1.82) is 0 Å². The van der Waals surface area contributed by atoms with Gasteiger partial charge in [-0.1, -0.05) is 24.4 Å². The highest BCUT2D eigenvalue weighted by molar-refractivity contribution is 5.75. The van der Waals surface area contributed by atoms with Gasteiger partial charge in [0.05, 0.1) is 5.41 Å². The van der Waals surface area contributed by atoms with Crippen LogP contribution in [0, 0.1) is 5.41 Å². The summed E-state index contributed by atoms with van der Waals surface area (Å²) in [6.07, 6.45) is -2.16. The smallest absolute Gasteiger partial charge is 0.396 e. The minimum atomic E-state index is -4.41. The fourth-order valence-corrected chi connectivity index (χ4v) is 2.60. The Hall–Kier alpha value is -1.60. The summed E-state index contributed by atoms with van der Waals surface area (Å²) in [6.45, 7) is 0. The quantitative estimate of drug-likeness (QED) is 0.923. The molecule has 2 rings (SSSR count). The van der Waals surface area contributed by atoms with Crippen LogP contribution in [0.1, 0.15) is 43.8 Å². The largest absolute Gasteiger partial charge is 0.481 e. The lowest BCUT2D eigenvalue weighted by atomic mass is 9.72. The molecule has 0 radical (unpaired) electrons. The van der Waals surface area contributed by atoms with E-state index in [1.165, 1.54) is 0 Å². The van der Waals surface area contributed by atoms with Gasteiger partial charge in [0, 0.05) is 6.42 Å². The third-order valence-electron chi connectivity index (χ3n) is 3.62. The molecule has 8 heteroatoms. The number of alkyl halides is 3. The third kappa shape index (κ3) is 3.49. The van der Waals surface area contributed by atoms with Gasteiger partial charge in [-0.15, -0.1) is 0 Å². The molecule has 1 aromatic heterocycles. The van der Waals surface area contributed by atoms with E-state index < -0.39 is 29.8 Å². The predicted octanol–water partition coefficient (Wildman–Crippen LogP) is 2.75. The molecule has 1 saturated carbocycles. The first kappa shape index (κ1) is 14.8. The van der Waals surface area contributed by atoms with E-state index in [1.807, 2.05) is 0 Å². The monoisotopic (exact) mass is 292 g/mol. The van der Waals surface area contributed by atoms with Crippen molar-refractivity contribution in [3.63, 3.8) is 0 Å². The van der Waals surface area contributed by atoms with Crippen LogP contribution < -0.4 is 0 Å². The van der Waals surface area contributed by atoms with Gasteiger partial charge in [0.15, 0.2) is 5.82 Å². The minimum absolute atomic E-state index is 0.00676. The molecule has 112 valence electrons. The Kier molecular flexibility index (Phi) is 4.01. The van der Waals surface area contributed by atoms with E-state index in [9.17, 15) is 23.1 Å². The highest BCUT2D eigenvalue weighted by atomic mass is 19.4. The molecule has 0 atom stereocenters. The van der Waals surface area contributed by atoms with Gasteiger partial charge in [0.1, 0.15) is 6.42 Å². The van der Waals surface area contributed by atoms with Gasteiger partial charge in [0.25, 0.3) is 0 Å². The van der Waals surface area contributed by atoms with Crippen molar-refractivity contribution < 1.29 is 27.6 Å². The van der Waals surface area contributed by atoms with Crippen molar-refractivity contribution in [2.45, 2.75) is 51.1 Å². The Balaban J connectivity index is 2.10. The lowest BCUT2D eigenvalue weighted by molar-refractivity contribution is -0.151. The van der Waals surface area contributed by atoms with Gasteiger partial charge in [-0.25, -0.2) is 0 Å². The fourth-order valence-electron chi connectivity index (χ4n) is 2.60. The van der Waals surface area contributed by atoms with Gasteiger partial charge in [-0.2, -0.15) is 18.2 Å². The zero-order valence-electron chi connectivity index (χ0n) is 10.7. The van der Waals surface area contributed by atoms with Crippen LogP contribution in [0.15, 0.2) is 4.52 Å². The number of hydrogen-bond acceptors (Lipinski definition) is 4. The van der Waals surface area contributed by atoms with Gasteiger partial charge < -0.3 is 9.63 Å². The minimum Gasteiger partial charge on any atom is -0.481 e. The number of rotatable bonds is 4. The van der Waals surface area contributed by atoms with Crippen LogP contribution in [0.25, 0.3) is 0 Å². The standard InChI is InChI=1S/C12H15F3N2O3/c13-12(14,15)6-8-16-9(20-17-8)7-11(10(18)19)4-2-1-3-5-11/h1-7H2,(H,18,19). The van der Waals surface area contributed by atoms with Crippen LogP contribution in [0.3, 0.4) is 0 Å². The first-order chi connectivity index (χ1) is 9.31. The van der Waals surface area contributed by atoms with Crippen LogP contribution in [-0.2, 0) is 17.6 Å². The van der Waals surface area contributed by atoms with Gasteiger partial charge >= 0.3 is 12.1 Å². The summed E-state index contributed by atoms with van der Waals surface area (Å²) in [5.74, 6) is -1.44. The first-order valence-electron chi connectivity index (χ1n) is 6.42. The maximum absolute atomic E-state index is 12.2. The fraction of sp³-hybridized carbons (Fsp3) is 0.750. The van der Waals surface area contributed by atoms with Crippen molar-refractivity contribution in [3.05, 3.63) is 11.7 Å². The number of aromatic nitrogens is 2. The summed E-state index contributed by atoms with van der Waals surface area (Å²) in [5.41, 5.74) is -0.986. The SMILES string of the molecule is O=C(O)C1(Cc2nc(CC(F)(F)F)no2)CCCCC1. The zero-order chi connectivity index (χ0) is 14.8. The highest BCUT2D eigenvalue weighted by Gasteiger charge is 2.41. The molecule has 0 aromatic carbocycles. The second-order valence-electron chi connectivity index (χ2n) is 5.22. The molecule has 1 aromatic rings. The van der Waals surface area contributed by atoms with Gasteiger partial charge in [0.2, 0.25) is 5.89 Å². The molecule has 0 saturated heterocycles. The molecule has 20 heavy (non-hydrogen) atoms. The van der Waals surface area contributed by atoms with Crippen molar-refractivity contribution in [2.24, 2.45) is 5.41 Å². The Morgan fingerprint density at radius 1 is 1.30 bits per heavy atom. The van der Waals surface area contributed by atoms with E-state index >= 15 is 0 Å². The van der Waals surface area contributed by atoms with Gasteiger partial charge in [-0.05, 0) is 12.8 Å². The van der Waals surface area contributed by atoms with E-state index in [4.69, 9.17) is 4.52 Å². The van der Waals surface area contributed by atoms with Crippen LogP contribution >= 0.6 is 0 Å². The topological polar surface area (TPSA) is 76.2 Å². The molecule has 0 amide bonds. The van der Waals surface area contributed by atoms with Crippen LogP contribution in [0.4, 0.5) is 13.2 Å². The van der Waals surface area contributed by atoms with E-state index in [-0.39, 0.29) is 12.3 Å². The lowest BCUT2D eigenvalue weighted by Gasteiger charge is -2.31. The molecule has 1 aliphatic carbocycles. The molecule has 5 nitrogen and oxygen atoms in total. The highest BCUT2D eigenvalue weighted by Crippen LogP contribution is 2.39. The Labute approximate surface area is 113 Å². The summed E-state index contributed by atoms with van der Waals surface area (Å²) in [5, 5.41) is 12.6. The second-order valence-corrected chi connectivity index (χ2v) is 5.22. The van der Waals surface area contributed by atoms with E-state index in [0.717, 1.165) is 19.3 Å². The number of carboxylic acids is 1. The molecule has 1 N–H and O–H groups in total. The summed E-state index contributed by atoms with van der Waals surface area (Å²) >= 11 is 0. The van der Waals surface area contributed by atoms with Crippen molar-refractivity contribution >= 4 is 5.97 Å². The Morgan fingerprint density at radius 3 is 2.50 bits per heavy atom. The Bertz CT molecular complexity index is 479. The van der Waals surface area contributed by atoms with Crippen LogP contribution in [0.5, 0.6) is 0 Å².